The van der Waals surface area contributed by atoms with Gasteiger partial charge < -0.3 is 4.57 Å². The molecule has 3 rings (SSSR count). The molecule has 0 saturated heterocycles. The fourth-order valence-corrected chi connectivity index (χ4v) is 8.13. The van der Waals surface area contributed by atoms with Gasteiger partial charge in [-0.2, -0.15) is 0 Å². The van der Waals surface area contributed by atoms with E-state index in [9.17, 15) is 0 Å². The van der Waals surface area contributed by atoms with Crippen molar-refractivity contribution >= 4 is 0 Å². The highest BCUT2D eigenvalue weighted by molar-refractivity contribution is 5.33. The number of imidazole rings is 1. The first-order valence-electron chi connectivity index (χ1n) is 21.3. The van der Waals surface area contributed by atoms with Crippen LogP contribution in [0.4, 0.5) is 0 Å². The maximum absolute atomic E-state index is 5.15. The average Bonchev–Trinajstić information content (AvgIpc) is 3.59. The van der Waals surface area contributed by atoms with Gasteiger partial charge in [-0.15, -0.1) is 0 Å². The number of nitrogens with zero attached hydrogens (tertiary/aromatic N) is 2. The molecule has 0 saturated carbocycles. The summed E-state index contributed by atoms with van der Waals surface area (Å²) in [6.07, 6.45) is 40.1. The van der Waals surface area contributed by atoms with Crippen LogP contribution in [0.3, 0.4) is 0 Å². The van der Waals surface area contributed by atoms with Gasteiger partial charge in [0.2, 0.25) is 0 Å². The van der Waals surface area contributed by atoms with Crippen molar-refractivity contribution in [2.45, 2.75) is 206 Å². The Hall–Kier alpha value is -2.35. The van der Waals surface area contributed by atoms with Gasteiger partial charge in [0.25, 0.3) is 0 Å². The van der Waals surface area contributed by atoms with E-state index in [4.69, 9.17) is 4.98 Å². The first kappa shape index (κ1) is 41.1. The molecule has 2 aromatic carbocycles. The van der Waals surface area contributed by atoms with Gasteiger partial charge in [0, 0.05) is 30.3 Å². The number of aromatic nitrogens is 2. The summed E-state index contributed by atoms with van der Waals surface area (Å²) in [7, 11) is 0. The zero-order chi connectivity index (χ0) is 34.7. The highest BCUT2D eigenvalue weighted by atomic mass is 15.1. The van der Waals surface area contributed by atoms with Crippen LogP contribution in [-0.4, -0.2) is 9.55 Å². The maximum Gasteiger partial charge on any atom is 0.112 e. The summed E-state index contributed by atoms with van der Waals surface area (Å²) < 4.78 is 2.53. The van der Waals surface area contributed by atoms with E-state index in [0.29, 0.717) is 5.92 Å². The Morgan fingerprint density at radius 3 is 1.45 bits per heavy atom. The van der Waals surface area contributed by atoms with Crippen LogP contribution in [0.25, 0.3) is 0 Å². The van der Waals surface area contributed by atoms with Gasteiger partial charge in [-0.1, -0.05) is 229 Å². The van der Waals surface area contributed by atoms with E-state index in [2.05, 4.69) is 98.4 Å². The Kier molecular flexibility index (Phi) is 22.2. The van der Waals surface area contributed by atoms with Crippen LogP contribution in [0.15, 0.2) is 73.1 Å². The highest BCUT2D eigenvalue weighted by Gasteiger charge is 2.39. The van der Waals surface area contributed by atoms with Crippen LogP contribution in [0.5, 0.6) is 0 Å². The van der Waals surface area contributed by atoms with Crippen LogP contribution >= 0.6 is 0 Å². The van der Waals surface area contributed by atoms with E-state index in [-0.39, 0.29) is 5.41 Å². The van der Waals surface area contributed by atoms with Crippen LogP contribution in [0, 0.1) is 0 Å². The van der Waals surface area contributed by atoms with E-state index in [1.165, 1.54) is 177 Å². The molecule has 0 fully saturated rings. The molecule has 2 unspecified atom stereocenters. The summed E-state index contributed by atoms with van der Waals surface area (Å²) in [5, 5.41) is 0. The second kappa shape index (κ2) is 26.5. The third kappa shape index (κ3) is 16.5. The third-order valence-electron chi connectivity index (χ3n) is 11.3. The van der Waals surface area contributed by atoms with Crippen molar-refractivity contribution in [3.63, 3.8) is 0 Å². The normalized spacial score (nSPS) is 13.4. The van der Waals surface area contributed by atoms with Crippen molar-refractivity contribution in [3.8, 4) is 0 Å². The predicted octanol–water partition coefficient (Wildman–Crippen LogP) is 15.0. The van der Waals surface area contributed by atoms with Gasteiger partial charge in [0.05, 0.1) is 0 Å². The molecule has 2 heteroatoms. The Balaban J connectivity index is 1.48. The van der Waals surface area contributed by atoms with Crippen molar-refractivity contribution in [1.82, 2.24) is 9.55 Å². The molecule has 1 heterocycles. The molecule has 1 aromatic heterocycles. The Morgan fingerprint density at radius 1 is 0.531 bits per heavy atom. The van der Waals surface area contributed by atoms with Crippen molar-refractivity contribution < 1.29 is 0 Å². The minimum Gasteiger partial charge on any atom is -0.335 e. The van der Waals surface area contributed by atoms with E-state index in [0.717, 1.165) is 13.0 Å². The SMILES string of the molecule is CCCCCCCCCCCCCCCCCCCn1ccnc1C(CCCCCCCCC)C(C)(Cc1ccccc1)c1ccccc1. The second-order valence-electron chi connectivity index (χ2n) is 15.5. The number of benzene rings is 2. The quantitative estimate of drug-likeness (QED) is 0.0624. The molecule has 2 nitrogen and oxygen atoms in total. The highest BCUT2D eigenvalue weighted by Crippen LogP contribution is 2.44. The van der Waals surface area contributed by atoms with Crippen LogP contribution in [0.1, 0.15) is 204 Å². The summed E-state index contributed by atoms with van der Waals surface area (Å²) >= 11 is 0. The van der Waals surface area contributed by atoms with Crippen LogP contribution in [-0.2, 0) is 18.4 Å². The third-order valence-corrected chi connectivity index (χ3v) is 11.3. The molecule has 0 N–H and O–H groups in total. The standard InChI is InChI=1S/C47H76N2/c1-4-6-8-10-12-13-14-15-16-17-18-19-20-21-23-25-33-40-49-41-39-48-46(49)45(38-32-24-22-11-9-7-5-2)47(3,44-36-30-27-31-37-44)42-43-34-28-26-29-35-43/h26-31,34-37,39,41,45H,4-25,32-33,38,40,42H2,1-3H3. The molecule has 274 valence electrons. The van der Waals surface area contributed by atoms with E-state index >= 15 is 0 Å². The van der Waals surface area contributed by atoms with E-state index < -0.39 is 0 Å². The lowest BCUT2D eigenvalue weighted by Crippen LogP contribution is -2.35. The van der Waals surface area contributed by atoms with Gasteiger partial charge in [0.1, 0.15) is 5.82 Å². The molecule has 2 atom stereocenters. The summed E-state index contributed by atoms with van der Waals surface area (Å²) in [6.45, 7) is 8.23. The molecule has 0 amide bonds. The zero-order valence-corrected chi connectivity index (χ0v) is 32.5. The molecule has 49 heavy (non-hydrogen) atoms. The van der Waals surface area contributed by atoms with Gasteiger partial charge >= 0.3 is 0 Å². The smallest absolute Gasteiger partial charge is 0.112 e. The Morgan fingerprint density at radius 2 is 0.959 bits per heavy atom. The lowest BCUT2D eigenvalue weighted by molar-refractivity contribution is 0.321. The lowest BCUT2D eigenvalue weighted by atomic mass is 9.66. The van der Waals surface area contributed by atoms with Gasteiger partial charge in [0.15, 0.2) is 0 Å². The number of aryl methyl sites for hydroxylation is 1. The molecule has 3 aromatic rings. The predicted molar refractivity (Wildman–Crippen MR) is 216 cm³/mol. The minimum atomic E-state index is -0.0256. The van der Waals surface area contributed by atoms with Crippen molar-refractivity contribution in [3.05, 3.63) is 90.0 Å². The topological polar surface area (TPSA) is 17.8 Å². The van der Waals surface area contributed by atoms with Crippen LogP contribution < -0.4 is 0 Å². The largest absolute Gasteiger partial charge is 0.335 e. The van der Waals surface area contributed by atoms with Crippen LogP contribution in [0.2, 0.25) is 0 Å². The Bertz CT molecular complexity index is 1150. The summed E-state index contributed by atoms with van der Waals surface area (Å²) in [4.78, 5) is 5.15. The van der Waals surface area contributed by atoms with Gasteiger partial charge in [-0.05, 0) is 30.4 Å². The van der Waals surface area contributed by atoms with E-state index in [1.54, 1.807) is 0 Å². The molecule has 0 aliphatic heterocycles. The number of unbranched alkanes of at least 4 members (excludes halogenated alkanes) is 22. The Labute approximate surface area is 304 Å². The first-order valence-corrected chi connectivity index (χ1v) is 21.3. The lowest BCUT2D eigenvalue weighted by Gasteiger charge is -2.39. The second-order valence-corrected chi connectivity index (χ2v) is 15.5. The molecule has 0 aliphatic carbocycles. The average molecular weight is 669 g/mol. The molecule has 0 bridgehead atoms. The summed E-state index contributed by atoms with van der Waals surface area (Å²) in [5.41, 5.74) is 2.84. The fraction of sp³-hybridized carbons (Fsp3) is 0.681. The number of hydrogen-bond donors (Lipinski definition) is 0. The zero-order valence-electron chi connectivity index (χ0n) is 32.5. The monoisotopic (exact) mass is 669 g/mol. The van der Waals surface area contributed by atoms with Gasteiger partial charge in [-0.3, -0.25) is 0 Å². The van der Waals surface area contributed by atoms with E-state index in [1.807, 2.05) is 0 Å². The summed E-state index contributed by atoms with van der Waals surface area (Å²) in [5.74, 6) is 1.69. The minimum absolute atomic E-state index is 0.0256. The number of hydrogen-bond acceptors (Lipinski definition) is 1. The van der Waals surface area contributed by atoms with Crippen molar-refractivity contribution in [1.29, 1.82) is 0 Å². The number of rotatable bonds is 31. The first-order chi connectivity index (χ1) is 24.2. The molecule has 0 spiro atoms. The molecule has 0 aliphatic rings. The molecular formula is C47H76N2. The fourth-order valence-electron chi connectivity index (χ4n) is 8.13. The molecule has 0 radical (unpaired) electrons. The van der Waals surface area contributed by atoms with Crippen molar-refractivity contribution in [2.75, 3.05) is 0 Å². The molecular weight excluding hydrogens is 593 g/mol. The van der Waals surface area contributed by atoms with Crippen molar-refractivity contribution in [2.24, 2.45) is 0 Å². The maximum atomic E-state index is 5.15. The summed E-state index contributed by atoms with van der Waals surface area (Å²) in [6, 6.07) is 22.5. The van der Waals surface area contributed by atoms with Gasteiger partial charge in [-0.25, -0.2) is 4.98 Å².